The van der Waals surface area contributed by atoms with Gasteiger partial charge in [-0.2, -0.15) is 0 Å². The lowest BCUT2D eigenvalue weighted by Gasteiger charge is -2.22. The van der Waals surface area contributed by atoms with Crippen LogP contribution in [0.15, 0.2) is 23.5 Å². The molecule has 2 heterocycles. The van der Waals surface area contributed by atoms with Crippen LogP contribution in [0.1, 0.15) is 12.8 Å². The summed E-state index contributed by atoms with van der Waals surface area (Å²) in [5, 5.41) is 0. The van der Waals surface area contributed by atoms with Crippen molar-refractivity contribution in [1.82, 2.24) is 0 Å². The molecule has 0 unspecified atom stereocenters. The van der Waals surface area contributed by atoms with Crippen molar-refractivity contribution in [3.63, 3.8) is 0 Å². The smallest absolute Gasteiger partial charge is 0.109 e. The second-order valence-electron chi connectivity index (χ2n) is 2.25. The van der Waals surface area contributed by atoms with Gasteiger partial charge in [0.1, 0.15) is 6.61 Å². The lowest BCUT2D eigenvalue weighted by Crippen LogP contribution is -2.09. The monoisotopic (exact) mass is 108 g/mol. The molecule has 0 spiro atoms. The molecule has 0 N–H and O–H groups in total. The number of hydrogen-bond acceptors (Lipinski definition) is 1. The Morgan fingerprint density at radius 2 is 2.25 bits per heavy atom. The van der Waals surface area contributed by atoms with Crippen molar-refractivity contribution < 1.29 is 4.74 Å². The largest absolute Gasteiger partial charge is 0.494 e. The van der Waals surface area contributed by atoms with Gasteiger partial charge in [-0.15, -0.1) is 0 Å². The van der Waals surface area contributed by atoms with E-state index >= 15 is 0 Å². The van der Waals surface area contributed by atoms with Gasteiger partial charge >= 0.3 is 0 Å². The van der Waals surface area contributed by atoms with Crippen LogP contribution in [-0.4, -0.2) is 6.61 Å². The first-order chi connectivity index (χ1) is 3.95. The van der Waals surface area contributed by atoms with Gasteiger partial charge in [0, 0.05) is 6.42 Å². The summed E-state index contributed by atoms with van der Waals surface area (Å²) in [5.74, 6) is 1.17. The molecule has 42 valence electrons. The highest BCUT2D eigenvalue weighted by atomic mass is 16.5. The van der Waals surface area contributed by atoms with Crippen molar-refractivity contribution in [1.29, 1.82) is 0 Å². The molecule has 0 atom stereocenters. The molecular weight excluding hydrogens is 100 g/mol. The standard InChI is InChI=1S/C7H8O/c1-3-7-4-2-6(1)5-8-7/h1,3H,2,4-5H2. The minimum atomic E-state index is 0.853. The topological polar surface area (TPSA) is 9.23 Å². The van der Waals surface area contributed by atoms with E-state index in [0.29, 0.717) is 0 Å². The predicted octanol–water partition coefficient (Wildman–Crippen LogP) is 1.62. The average Bonchev–Trinajstić information content (AvgIpc) is 1.92. The van der Waals surface area contributed by atoms with Gasteiger partial charge in [-0.05, 0) is 18.1 Å². The van der Waals surface area contributed by atoms with Gasteiger partial charge in [0.25, 0.3) is 0 Å². The fourth-order valence-electron chi connectivity index (χ4n) is 1.09. The number of ether oxygens (including phenoxy) is 1. The van der Waals surface area contributed by atoms with E-state index in [1.54, 1.807) is 0 Å². The highest BCUT2D eigenvalue weighted by molar-refractivity contribution is 5.25. The highest BCUT2D eigenvalue weighted by Crippen LogP contribution is 2.25. The van der Waals surface area contributed by atoms with Gasteiger partial charge in [0.2, 0.25) is 0 Å². The zero-order chi connectivity index (χ0) is 5.40. The summed E-state index contributed by atoms with van der Waals surface area (Å²) in [7, 11) is 0. The minimum Gasteiger partial charge on any atom is -0.494 e. The van der Waals surface area contributed by atoms with Crippen LogP contribution in [-0.2, 0) is 4.74 Å². The highest BCUT2D eigenvalue weighted by Gasteiger charge is 2.13. The van der Waals surface area contributed by atoms with Gasteiger partial charge in [-0.25, -0.2) is 0 Å². The van der Waals surface area contributed by atoms with E-state index in [9.17, 15) is 0 Å². The Hall–Kier alpha value is -0.720. The zero-order valence-corrected chi connectivity index (χ0v) is 4.68. The van der Waals surface area contributed by atoms with Gasteiger partial charge < -0.3 is 4.74 Å². The molecule has 1 heteroatoms. The molecule has 0 radical (unpaired) electrons. The Kier molecular flexibility index (Phi) is 0.720. The van der Waals surface area contributed by atoms with Crippen LogP contribution in [0.25, 0.3) is 0 Å². The van der Waals surface area contributed by atoms with Crippen molar-refractivity contribution in [3.8, 4) is 0 Å². The van der Waals surface area contributed by atoms with E-state index in [-0.39, 0.29) is 0 Å². The van der Waals surface area contributed by atoms with Crippen molar-refractivity contribution in [2.24, 2.45) is 0 Å². The number of allylic oxidation sites excluding steroid dienone is 3. The maximum Gasteiger partial charge on any atom is 0.109 e. The molecule has 1 fully saturated rings. The normalized spacial score (nSPS) is 24.0. The van der Waals surface area contributed by atoms with E-state index in [4.69, 9.17) is 4.74 Å². The maximum absolute atomic E-state index is 5.27. The van der Waals surface area contributed by atoms with Crippen molar-refractivity contribution >= 4 is 0 Å². The molecule has 3 aliphatic rings. The van der Waals surface area contributed by atoms with Crippen LogP contribution in [0.4, 0.5) is 0 Å². The van der Waals surface area contributed by atoms with Gasteiger partial charge in [-0.3, -0.25) is 0 Å². The Labute approximate surface area is 48.7 Å². The Bertz CT molecular complexity index is 133. The van der Waals surface area contributed by atoms with Crippen molar-refractivity contribution in [2.45, 2.75) is 12.8 Å². The van der Waals surface area contributed by atoms with Crippen LogP contribution >= 0.6 is 0 Å². The fraction of sp³-hybridized carbons (Fsp3) is 0.429. The quantitative estimate of drug-likeness (QED) is 0.458. The summed E-state index contributed by atoms with van der Waals surface area (Å²) < 4.78 is 5.27. The second kappa shape index (κ2) is 1.38. The molecule has 0 aromatic heterocycles. The maximum atomic E-state index is 5.27. The van der Waals surface area contributed by atoms with E-state index in [0.717, 1.165) is 13.0 Å². The van der Waals surface area contributed by atoms with E-state index in [1.807, 2.05) is 0 Å². The van der Waals surface area contributed by atoms with Crippen LogP contribution in [0, 0.1) is 0 Å². The lowest BCUT2D eigenvalue weighted by atomic mass is 10.0. The second-order valence-corrected chi connectivity index (χ2v) is 2.25. The van der Waals surface area contributed by atoms with Crippen LogP contribution < -0.4 is 0 Å². The zero-order valence-electron chi connectivity index (χ0n) is 4.68. The fourth-order valence-corrected chi connectivity index (χ4v) is 1.09. The Morgan fingerprint density at radius 3 is 2.38 bits per heavy atom. The molecular formula is C7H8O. The Morgan fingerprint density at radius 1 is 1.25 bits per heavy atom. The first kappa shape index (κ1) is 4.19. The van der Waals surface area contributed by atoms with Gasteiger partial charge in [0.05, 0.1) is 5.76 Å². The van der Waals surface area contributed by atoms with E-state index in [1.165, 1.54) is 17.8 Å². The number of fused-ring (bicyclic) bond motifs is 3. The third kappa shape index (κ3) is 0.474. The number of hydrogen-bond donors (Lipinski definition) is 0. The molecule has 0 aromatic rings. The van der Waals surface area contributed by atoms with Crippen LogP contribution in [0.3, 0.4) is 0 Å². The summed E-state index contributed by atoms with van der Waals surface area (Å²) in [6, 6.07) is 0. The summed E-state index contributed by atoms with van der Waals surface area (Å²) in [6.07, 6.45) is 6.60. The summed E-state index contributed by atoms with van der Waals surface area (Å²) in [5.41, 5.74) is 1.44. The number of rotatable bonds is 0. The SMILES string of the molecule is C1=C2CCC(=C1)OC2. The summed E-state index contributed by atoms with van der Waals surface area (Å²) in [6.45, 7) is 0.853. The molecule has 8 heavy (non-hydrogen) atoms. The lowest BCUT2D eigenvalue weighted by molar-refractivity contribution is 0.198. The minimum absolute atomic E-state index is 0.853. The molecule has 0 aromatic carbocycles. The molecule has 2 aliphatic heterocycles. The molecule has 3 rings (SSSR count). The molecule has 0 amide bonds. The molecule has 1 saturated heterocycles. The summed E-state index contributed by atoms with van der Waals surface area (Å²) in [4.78, 5) is 0. The Balaban J connectivity index is 2.36. The third-order valence-corrected chi connectivity index (χ3v) is 1.64. The van der Waals surface area contributed by atoms with Crippen LogP contribution in [0.5, 0.6) is 0 Å². The third-order valence-electron chi connectivity index (χ3n) is 1.64. The van der Waals surface area contributed by atoms with E-state index in [2.05, 4.69) is 12.2 Å². The van der Waals surface area contributed by atoms with Crippen molar-refractivity contribution in [2.75, 3.05) is 6.61 Å². The van der Waals surface area contributed by atoms with Crippen LogP contribution in [0.2, 0.25) is 0 Å². The van der Waals surface area contributed by atoms with Gasteiger partial charge in [-0.1, -0.05) is 6.08 Å². The van der Waals surface area contributed by atoms with E-state index < -0.39 is 0 Å². The molecule has 0 saturated carbocycles. The first-order valence-electron chi connectivity index (χ1n) is 2.96. The van der Waals surface area contributed by atoms with Crippen molar-refractivity contribution in [3.05, 3.63) is 23.5 Å². The molecule has 1 aliphatic carbocycles. The summed E-state index contributed by atoms with van der Waals surface area (Å²) >= 11 is 0. The van der Waals surface area contributed by atoms with Gasteiger partial charge in [0.15, 0.2) is 0 Å². The average molecular weight is 108 g/mol. The predicted molar refractivity (Wildman–Crippen MR) is 31.4 cm³/mol. The first-order valence-corrected chi connectivity index (χ1v) is 2.96. The molecule has 1 nitrogen and oxygen atoms in total. The molecule has 2 bridgehead atoms.